The summed E-state index contributed by atoms with van der Waals surface area (Å²) >= 11 is 0. The molecule has 1 saturated heterocycles. The van der Waals surface area contributed by atoms with Gasteiger partial charge in [0.2, 0.25) is 0 Å². The predicted octanol–water partition coefficient (Wildman–Crippen LogP) is 1.39. The van der Waals surface area contributed by atoms with Crippen LogP contribution in [0.5, 0.6) is 0 Å². The third-order valence-electron chi connectivity index (χ3n) is 3.28. The van der Waals surface area contributed by atoms with Gasteiger partial charge < -0.3 is 14.6 Å². The van der Waals surface area contributed by atoms with Gasteiger partial charge in [-0.25, -0.2) is 4.98 Å². The quantitative estimate of drug-likeness (QED) is 0.838. The fourth-order valence-electron chi connectivity index (χ4n) is 2.08. The van der Waals surface area contributed by atoms with Crippen molar-refractivity contribution < 1.29 is 4.74 Å². The first-order chi connectivity index (χ1) is 7.81. The molecule has 0 saturated carbocycles. The molecule has 1 aromatic heterocycles. The Morgan fingerprint density at radius 2 is 2.56 bits per heavy atom. The van der Waals surface area contributed by atoms with Gasteiger partial charge in [-0.05, 0) is 12.3 Å². The lowest BCUT2D eigenvalue weighted by Gasteiger charge is -2.25. The fourth-order valence-corrected chi connectivity index (χ4v) is 2.08. The standard InChI is InChI=1S/C12H21N3O/c1-3-10(2)12-6-13-9-15(12)7-11-8-16-5-4-14-11/h6,9-11,14H,3-5,7-8H2,1-2H3. The van der Waals surface area contributed by atoms with E-state index in [1.54, 1.807) is 0 Å². The average Bonchev–Trinajstić information content (AvgIpc) is 2.77. The molecule has 0 spiro atoms. The molecule has 0 aromatic carbocycles. The Labute approximate surface area is 97.0 Å². The molecule has 1 aliphatic heterocycles. The Kier molecular flexibility index (Phi) is 3.96. The lowest BCUT2D eigenvalue weighted by Crippen LogP contribution is -2.43. The van der Waals surface area contributed by atoms with Gasteiger partial charge in [-0.3, -0.25) is 0 Å². The van der Waals surface area contributed by atoms with E-state index in [0.717, 1.165) is 32.7 Å². The van der Waals surface area contributed by atoms with Crippen molar-refractivity contribution >= 4 is 0 Å². The molecule has 2 atom stereocenters. The number of morpholine rings is 1. The van der Waals surface area contributed by atoms with E-state index in [-0.39, 0.29) is 0 Å². The van der Waals surface area contributed by atoms with Gasteiger partial charge in [0.1, 0.15) is 0 Å². The third-order valence-corrected chi connectivity index (χ3v) is 3.28. The van der Waals surface area contributed by atoms with E-state index in [9.17, 15) is 0 Å². The van der Waals surface area contributed by atoms with Gasteiger partial charge >= 0.3 is 0 Å². The molecule has 0 bridgehead atoms. The van der Waals surface area contributed by atoms with Crippen LogP contribution in [0.1, 0.15) is 31.9 Å². The first-order valence-electron chi connectivity index (χ1n) is 6.12. The minimum Gasteiger partial charge on any atom is -0.378 e. The number of imidazole rings is 1. The van der Waals surface area contributed by atoms with E-state index in [1.165, 1.54) is 5.69 Å². The van der Waals surface area contributed by atoms with Crippen LogP contribution in [0.15, 0.2) is 12.5 Å². The minimum atomic E-state index is 0.422. The van der Waals surface area contributed by atoms with Crippen molar-refractivity contribution in [3.05, 3.63) is 18.2 Å². The van der Waals surface area contributed by atoms with Crippen LogP contribution >= 0.6 is 0 Å². The zero-order valence-electron chi connectivity index (χ0n) is 10.1. The van der Waals surface area contributed by atoms with E-state index < -0.39 is 0 Å². The number of ether oxygens (including phenoxy) is 1. The summed E-state index contributed by atoms with van der Waals surface area (Å²) in [5, 5.41) is 3.47. The molecule has 4 heteroatoms. The second kappa shape index (κ2) is 5.46. The molecule has 90 valence electrons. The molecule has 2 heterocycles. The summed E-state index contributed by atoms with van der Waals surface area (Å²) in [6.07, 6.45) is 5.07. The van der Waals surface area contributed by atoms with Crippen molar-refractivity contribution in [3.8, 4) is 0 Å². The number of aromatic nitrogens is 2. The first-order valence-corrected chi connectivity index (χ1v) is 6.12. The highest BCUT2D eigenvalue weighted by molar-refractivity contribution is 5.05. The number of hydrogen-bond acceptors (Lipinski definition) is 3. The van der Waals surface area contributed by atoms with Gasteiger partial charge in [0, 0.05) is 31.0 Å². The highest BCUT2D eigenvalue weighted by Crippen LogP contribution is 2.18. The Morgan fingerprint density at radius 1 is 1.69 bits per heavy atom. The molecule has 0 aliphatic carbocycles. The average molecular weight is 223 g/mol. The van der Waals surface area contributed by atoms with Crippen molar-refractivity contribution in [3.63, 3.8) is 0 Å². The monoisotopic (exact) mass is 223 g/mol. The van der Waals surface area contributed by atoms with E-state index in [2.05, 4.69) is 28.7 Å². The Hall–Kier alpha value is -0.870. The van der Waals surface area contributed by atoms with Crippen molar-refractivity contribution in [2.45, 2.75) is 38.8 Å². The minimum absolute atomic E-state index is 0.422. The van der Waals surface area contributed by atoms with Crippen LogP contribution in [-0.2, 0) is 11.3 Å². The van der Waals surface area contributed by atoms with E-state index in [1.807, 2.05) is 12.5 Å². The van der Waals surface area contributed by atoms with Crippen molar-refractivity contribution in [2.75, 3.05) is 19.8 Å². The summed E-state index contributed by atoms with van der Waals surface area (Å²) in [6, 6.07) is 0.422. The van der Waals surface area contributed by atoms with Gasteiger partial charge in [0.25, 0.3) is 0 Å². The predicted molar refractivity (Wildman–Crippen MR) is 63.5 cm³/mol. The molecule has 1 fully saturated rings. The van der Waals surface area contributed by atoms with Crippen LogP contribution in [0.2, 0.25) is 0 Å². The summed E-state index contributed by atoms with van der Waals surface area (Å²) in [7, 11) is 0. The van der Waals surface area contributed by atoms with Crippen LogP contribution in [0.3, 0.4) is 0 Å². The zero-order valence-corrected chi connectivity index (χ0v) is 10.1. The number of nitrogens with one attached hydrogen (secondary N) is 1. The SMILES string of the molecule is CCC(C)c1cncn1CC1COCCN1. The Balaban J connectivity index is 2.00. The summed E-state index contributed by atoms with van der Waals surface area (Å²) in [5.74, 6) is 0.576. The van der Waals surface area contributed by atoms with Gasteiger partial charge in [-0.2, -0.15) is 0 Å². The van der Waals surface area contributed by atoms with Crippen LogP contribution < -0.4 is 5.32 Å². The molecular formula is C12H21N3O. The molecule has 1 N–H and O–H groups in total. The molecule has 0 radical (unpaired) electrons. The number of nitrogens with zero attached hydrogens (tertiary/aromatic N) is 2. The van der Waals surface area contributed by atoms with Gasteiger partial charge in [0.15, 0.2) is 0 Å². The van der Waals surface area contributed by atoms with Crippen LogP contribution in [-0.4, -0.2) is 35.4 Å². The first kappa shape index (κ1) is 11.6. The molecule has 1 aliphatic rings. The van der Waals surface area contributed by atoms with Gasteiger partial charge in [0.05, 0.1) is 19.5 Å². The topological polar surface area (TPSA) is 39.1 Å². The maximum Gasteiger partial charge on any atom is 0.0948 e. The highest BCUT2D eigenvalue weighted by Gasteiger charge is 2.16. The molecule has 2 unspecified atom stereocenters. The van der Waals surface area contributed by atoms with Gasteiger partial charge in [-0.1, -0.05) is 13.8 Å². The fraction of sp³-hybridized carbons (Fsp3) is 0.750. The van der Waals surface area contributed by atoms with E-state index >= 15 is 0 Å². The zero-order chi connectivity index (χ0) is 11.4. The Bertz CT molecular complexity index is 318. The molecule has 2 rings (SSSR count). The van der Waals surface area contributed by atoms with Crippen LogP contribution in [0.4, 0.5) is 0 Å². The van der Waals surface area contributed by atoms with Crippen molar-refractivity contribution in [1.82, 2.24) is 14.9 Å². The maximum absolute atomic E-state index is 5.46. The van der Waals surface area contributed by atoms with Crippen LogP contribution in [0, 0.1) is 0 Å². The molecule has 1 aromatic rings. The third kappa shape index (κ3) is 2.62. The summed E-state index contributed by atoms with van der Waals surface area (Å²) in [5.41, 5.74) is 1.33. The normalized spacial score (nSPS) is 23.2. The summed E-state index contributed by atoms with van der Waals surface area (Å²) < 4.78 is 7.71. The number of hydrogen-bond donors (Lipinski definition) is 1. The second-order valence-corrected chi connectivity index (χ2v) is 4.51. The molecule has 0 amide bonds. The van der Waals surface area contributed by atoms with E-state index in [0.29, 0.717) is 12.0 Å². The summed E-state index contributed by atoms with van der Waals surface area (Å²) in [6.45, 7) is 8.01. The lowest BCUT2D eigenvalue weighted by atomic mass is 10.1. The smallest absolute Gasteiger partial charge is 0.0948 e. The largest absolute Gasteiger partial charge is 0.378 e. The lowest BCUT2D eigenvalue weighted by molar-refractivity contribution is 0.0711. The second-order valence-electron chi connectivity index (χ2n) is 4.51. The highest BCUT2D eigenvalue weighted by atomic mass is 16.5. The van der Waals surface area contributed by atoms with E-state index in [4.69, 9.17) is 4.74 Å². The van der Waals surface area contributed by atoms with Crippen molar-refractivity contribution in [1.29, 1.82) is 0 Å². The maximum atomic E-state index is 5.46. The van der Waals surface area contributed by atoms with Crippen LogP contribution in [0.25, 0.3) is 0 Å². The number of rotatable bonds is 4. The molecule has 16 heavy (non-hydrogen) atoms. The molecule has 4 nitrogen and oxygen atoms in total. The summed E-state index contributed by atoms with van der Waals surface area (Å²) in [4.78, 5) is 4.25. The Morgan fingerprint density at radius 3 is 3.25 bits per heavy atom. The van der Waals surface area contributed by atoms with Crippen molar-refractivity contribution in [2.24, 2.45) is 0 Å². The van der Waals surface area contributed by atoms with Gasteiger partial charge in [-0.15, -0.1) is 0 Å². The molecular weight excluding hydrogens is 202 g/mol.